The Morgan fingerprint density at radius 2 is 1.90 bits per heavy atom. The quantitative estimate of drug-likeness (QED) is 0.778. The second-order valence-electron chi connectivity index (χ2n) is 6.17. The van der Waals surface area contributed by atoms with Gasteiger partial charge in [0.05, 0.1) is 23.5 Å². The Hall–Kier alpha value is -1.85. The monoisotopic (exact) mass is 293 g/mol. The molecule has 1 amide bonds. The summed E-state index contributed by atoms with van der Waals surface area (Å²) in [6.45, 7) is 3.68. The average molecular weight is 293 g/mol. The summed E-state index contributed by atoms with van der Waals surface area (Å²) in [4.78, 5) is 23.5. The summed E-state index contributed by atoms with van der Waals surface area (Å²) < 4.78 is 0. The topological polar surface area (TPSA) is 95.1 Å². The lowest BCUT2D eigenvalue weighted by Crippen LogP contribution is -2.32. The molecule has 1 heterocycles. The van der Waals surface area contributed by atoms with Crippen LogP contribution >= 0.6 is 0 Å². The molecule has 1 aliphatic carbocycles. The van der Waals surface area contributed by atoms with E-state index in [-0.39, 0.29) is 24.2 Å². The van der Waals surface area contributed by atoms with Crippen molar-refractivity contribution in [3.8, 4) is 0 Å². The minimum Gasteiger partial charge on any atom is -0.481 e. The minimum atomic E-state index is -0.819. The molecule has 0 atom stereocenters. The summed E-state index contributed by atoms with van der Waals surface area (Å²) in [5.74, 6) is -0.939. The molecule has 1 aromatic heterocycles. The molecule has 3 N–H and O–H groups in total. The fourth-order valence-corrected chi connectivity index (χ4v) is 3.30. The number of carbonyl (C=O) groups excluding carboxylic acids is 1. The lowest BCUT2D eigenvalue weighted by molar-refractivity contribution is -0.140. The number of hydrogen-bond donors (Lipinski definition) is 3. The van der Waals surface area contributed by atoms with E-state index in [1.54, 1.807) is 0 Å². The molecule has 0 aromatic carbocycles. The third-order valence-corrected chi connectivity index (χ3v) is 4.37. The van der Waals surface area contributed by atoms with Crippen molar-refractivity contribution in [3.05, 3.63) is 11.4 Å². The van der Waals surface area contributed by atoms with Crippen molar-refractivity contribution in [2.24, 2.45) is 5.41 Å². The summed E-state index contributed by atoms with van der Waals surface area (Å²) in [5, 5.41) is 18.9. The highest BCUT2D eigenvalue weighted by Gasteiger charge is 2.36. The first-order valence-electron chi connectivity index (χ1n) is 7.45. The molecule has 0 bridgehead atoms. The van der Waals surface area contributed by atoms with Crippen LogP contribution in [0.1, 0.15) is 56.3 Å². The highest BCUT2D eigenvalue weighted by atomic mass is 16.4. The molecule has 2 rings (SSSR count). The molecular weight excluding hydrogens is 270 g/mol. The molecule has 1 saturated carbocycles. The van der Waals surface area contributed by atoms with Crippen LogP contribution < -0.4 is 5.32 Å². The van der Waals surface area contributed by atoms with E-state index in [4.69, 9.17) is 5.11 Å². The van der Waals surface area contributed by atoms with Crippen molar-refractivity contribution in [1.29, 1.82) is 0 Å². The van der Waals surface area contributed by atoms with Gasteiger partial charge in [-0.3, -0.25) is 14.7 Å². The molecule has 1 fully saturated rings. The van der Waals surface area contributed by atoms with E-state index >= 15 is 0 Å². The van der Waals surface area contributed by atoms with Gasteiger partial charge in [-0.2, -0.15) is 5.10 Å². The molecule has 1 aliphatic rings. The van der Waals surface area contributed by atoms with Gasteiger partial charge in [-0.1, -0.05) is 19.3 Å². The zero-order valence-electron chi connectivity index (χ0n) is 12.7. The molecular formula is C15H23N3O3. The van der Waals surface area contributed by atoms with Gasteiger partial charge in [-0.05, 0) is 32.1 Å². The van der Waals surface area contributed by atoms with Gasteiger partial charge in [0.1, 0.15) is 0 Å². The van der Waals surface area contributed by atoms with E-state index < -0.39 is 5.97 Å². The number of nitrogens with one attached hydrogen (secondary N) is 2. The number of carboxylic acids is 1. The molecule has 0 radical (unpaired) electrons. The maximum atomic E-state index is 12.3. The van der Waals surface area contributed by atoms with E-state index in [0.717, 1.165) is 43.5 Å². The zero-order valence-corrected chi connectivity index (χ0v) is 12.7. The predicted molar refractivity (Wildman–Crippen MR) is 79.1 cm³/mol. The van der Waals surface area contributed by atoms with Crippen LogP contribution in [0.4, 0.5) is 5.69 Å². The highest BCUT2D eigenvalue weighted by Crippen LogP contribution is 2.42. The second-order valence-corrected chi connectivity index (χ2v) is 6.17. The molecule has 116 valence electrons. The molecule has 6 heteroatoms. The Morgan fingerprint density at radius 1 is 1.24 bits per heavy atom. The Morgan fingerprint density at radius 3 is 2.43 bits per heavy atom. The fraction of sp³-hybridized carbons (Fsp3) is 0.667. The van der Waals surface area contributed by atoms with Crippen LogP contribution in [0.25, 0.3) is 0 Å². The van der Waals surface area contributed by atoms with Gasteiger partial charge in [-0.15, -0.1) is 0 Å². The number of aliphatic carboxylic acids is 1. The Labute approximate surface area is 124 Å². The summed E-state index contributed by atoms with van der Waals surface area (Å²) in [5.41, 5.74) is 1.88. The van der Waals surface area contributed by atoms with Gasteiger partial charge < -0.3 is 10.4 Å². The normalized spacial score (nSPS) is 17.4. The first kappa shape index (κ1) is 15.5. The standard InChI is InChI=1S/C15H23N3O3/c1-10-14(11(2)18-17-10)16-12(19)8-15(9-13(20)21)6-4-3-5-7-15/h3-9H2,1-2H3,(H,16,19)(H,17,18)(H,20,21). The molecule has 1 aromatic rings. The third kappa shape index (κ3) is 3.83. The largest absolute Gasteiger partial charge is 0.481 e. The second kappa shape index (κ2) is 6.28. The zero-order chi connectivity index (χ0) is 15.5. The number of amides is 1. The summed E-state index contributed by atoms with van der Waals surface area (Å²) in [6, 6.07) is 0. The van der Waals surface area contributed by atoms with Crippen LogP contribution in [0.5, 0.6) is 0 Å². The first-order valence-corrected chi connectivity index (χ1v) is 7.45. The highest BCUT2D eigenvalue weighted by molar-refractivity contribution is 5.92. The maximum absolute atomic E-state index is 12.3. The van der Waals surface area contributed by atoms with E-state index in [9.17, 15) is 9.59 Å². The maximum Gasteiger partial charge on any atom is 0.303 e. The Balaban J connectivity index is 2.06. The van der Waals surface area contributed by atoms with Crippen molar-refractivity contribution in [3.63, 3.8) is 0 Å². The van der Waals surface area contributed by atoms with Crippen molar-refractivity contribution in [2.75, 3.05) is 5.32 Å². The number of aryl methyl sites for hydroxylation is 2. The van der Waals surface area contributed by atoms with Crippen molar-refractivity contribution in [2.45, 2.75) is 58.8 Å². The van der Waals surface area contributed by atoms with Crippen LogP contribution in [0.15, 0.2) is 0 Å². The van der Waals surface area contributed by atoms with Crippen LogP contribution in [-0.4, -0.2) is 27.2 Å². The number of aromatic amines is 1. The smallest absolute Gasteiger partial charge is 0.303 e. The number of anilines is 1. The lowest BCUT2D eigenvalue weighted by Gasteiger charge is -2.35. The number of carboxylic acid groups (broad SMARTS) is 1. The molecule has 0 spiro atoms. The van der Waals surface area contributed by atoms with Gasteiger partial charge in [-0.25, -0.2) is 0 Å². The molecule has 0 unspecified atom stereocenters. The minimum absolute atomic E-state index is 0.0732. The number of nitrogens with zero attached hydrogens (tertiary/aromatic N) is 1. The van der Waals surface area contributed by atoms with Crippen molar-refractivity contribution in [1.82, 2.24) is 10.2 Å². The molecule has 6 nitrogen and oxygen atoms in total. The fourth-order valence-electron chi connectivity index (χ4n) is 3.30. The van der Waals surface area contributed by atoms with Crippen molar-refractivity contribution < 1.29 is 14.7 Å². The number of rotatable bonds is 5. The van der Waals surface area contributed by atoms with E-state index in [1.165, 1.54) is 0 Å². The number of aromatic nitrogens is 2. The van der Waals surface area contributed by atoms with E-state index in [1.807, 2.05) is 13.8 Å². The van der Waals surface area contributed by atoms with Gasteiger partial charge in [0.25, 0.3) is 0 Å². The van der Waals surface area contributed by atoms with E-state index in [2.05, 4.69) is 15.5 Å². The number of hydrogen-bond acceptors (Lipinski definition) is 3. The number of carbonyl (C=O) groups is 2. The first-order chi connectivity index (χ1) is 9.92. The molecule has 0 aliphatic heterocycles. The van der Waals surface area contributed by atoms with Gasteiger partial charge in [0.2, 0.25) is 5.91 Å². The van der Waals surface area contributed by atoms with Crippen LogP contribution in [-0.2, 0) is 9.59 Å². The van der Waals surface area contributed by atoms with Gasteiger partial charge >= 0.3 is 5.97 Å². The lowest BCUT2D eigenvalue weighted by atomic mass is 9.69. The van der Waals surface area contributed by atoms with E-state index in [0.29, 0.717) is 5.69 Å². The summed E-state index contributed by atoms with van der Waals surface area (Å²) in [7, 11) is 0. The predicted octanol–water partition coefficient (Wildman–Crippen LogP) is 2.78. The van der Waals surface area contributed by atoms with Crippen LogP contribution in [0, 0.1) is 19.3 Å². The SMILES string of the molecule is Cc1n[nH]c(C)c1NC(=O)CC1(CC(=O)O)CCCCC1. The summed E-state index contributed by atoms with van der Waals surface area (Å²) >= 11 is 0. The van der Waals surface area contributed by atoms with Crippen molar-refractivity contribution >= 4 is 17.6 Å². The average Bonchev–Trinajstić information content (AvgIpc) is 2.70. The van der Waals surface area contributed by atoms with Gasteiger partial charge in [0.15, 0.2) is 0 Å². The molecule has 0 saturated heterocycles. The van der Waals surface area contributed by atoms with Gasteiger partial charge in [0, 0.05) is 6.42 Å². The summed E-state index contributed by atoms with van der Waals surface area (Å²) in [6.07, 6.45) is 5.11. The Bertz CT molecular complexity index is 511. The van der Waals surface area contributed by atoms with Crippen LogP contribution in [0.3, 0.4) is 0 Å². The molecule has 21 heavy (non-hydrogen) atoms. The Kier molecular flexibility index (Phi) is 4.65. The van der Waals surface area contributed by atoms with Crippen LogP contribution in [0.2, 0.25) is 0 Å². The third-order valence-electron chi connectivity index (χ3n) is 4.37. The number of H-pyrrole nitrogens is 1.